The fourth-order valence-corrected chi connectivity index (χ4v) is 4.37. The minimum Gasteiger partial charge on any atom is -0.271 e. The van der Waals surface area contributed by atoms with Crippen LogP contribution in [0.1, 0.15) is 22.3 Å². The molecule has 1 amide bonds. The molecular formula is C24H24FN3O3S. The average Bonchev–Trinajstić information content (AvgIpc) is 2.75. The number of benzene rings is 3. The number of nitrogens with zero attached hydrogens (tertiary/aromatic N) is 2. The number of nitrogens with one attached hydrogen (secondary N) is 1. The molecule has 166 valence electrons. The van der Waals surface area contributed by atoms with Crippen molar-refractivity contribution in [2.24, 2.45) is 5.10 Å². The molecule has 0 atom stereocenters. The molecule has 0 aliphatic rings. The second-order valence-corrected chi connectivity index (χ2v) is 9.27. The first-order chi connectivity index (χ1) is 15.2. The number of aryl methyl sites for hydroxylation is 3. The highest BCUT2D eigenvalue weighted by atomic mass is 32.2. The molecule has 0 bridgehead atoms. The van der Waals surface area contributed by atoms with Crippen molar-refractivity contribution in [3.05, 3.63) is 94.8 Å². The van der Waals surface area contributed by atoms with Gasteiger partial charge in [-0.2, -0.15) is 5.10 Å². The summed E-state index contributed by atoms with van der Waals surface area (Å²) in [6, 6.07) is 17.6. The molecule has 0 aromatic heterocycles. The first-order valence-electron chi connectivity index (χ1n) is 9.91. The van der Waals surface area contributed by atoms with Crippen LogP contribution in [0, 0.1) is 26.6 Å². The van der Waals surface area contributed by atoms with E-state index in [1.54, 1.807) is 42.5 Å². The van der Waals surface area contributed by atoms with Crippen molar-refractivity contribution in [3.8, 4) is 0 Å². The van der Waals surface area contributed by atoms with Crippen LogP contribution >= 0.6 is 0 Å². The van der Waals surface area contributed by atoms with Gasteiger partial charge < -0.3 is 0 Å². The molecular weight excluding hydrogens is 429 g/mol. The number of sulfonamides is 1. The summed E-state index contributed by atoms with van der Waals surface area (Å²) in [4.78, 5) is 12.6. The summed E-state index contributed by atoms with van der Waals surface area (Å²) >= 11 is 0. The average molecular weight is 454 g/mol. The number of carbonyl (C=O) groups excluding carboxylic acids is 1. The fourth-order valence-electron chi connectivity index (χ4n) is 2.95. The van der Waals surface area contributed by atoms with E-state index in [1.807, 2.05) is 20.8 Å². The molecule has 8 heteroatoms. The van der Waals surface area contributed by atoms with Crippen LogP contribution in [-0.4, -0.2) is 27.1 Å². The van der Waals surface area contributed by atoms with Gasteiger partial charge in [-0.05, 0) is 62.2 Å². The Balaban J connectivity index is 1.88. The molecule has 1 N–H and O–H groups in total. The van der Waals surface area contributed by atoms with Gasteiger partial charge in [-0.15, -0.1) is 0 Å². The minimum absolute atomic E-state index is 0.0731. The molecule has 0 radical (unpaired) electrons. The highest BCUT2D eigenvalue weighted by Crippen LogP contribution is 2.26. The summed E-state index contributed by atoms with van der Waals surface area (Å²) in [5, 5.41) is 3.76. The van der Waals surface area contributed by atoms with Crippen molar-refractivity contribution in [2.45, 2.75) is 25.7 Å². The molecule has 0 spiro atoms. The number of anilines is 1. The van der Waals surface area contributed by atoms with Crippen molar-refractivity contribution >= 4 is 27.8 Å². The van der Waals surface area contributed by atoms with Crippen molar-refractivity contribution in [3.63, 3.8) is 0 Å². The summed E-state index contributed by atoms with van der Waals surface area (Å²) in [5.41, 5.74) is 5.65. The van der Waals surface area contributed by atoms with Gasteiger partial charge in [0.05, 0.1) is 16.8 Å². The lowest BCUT2D eigenvalue weighted by molar-refractivity contribution is -0.119. The predicted octanol–water partition coefficient (Wildman–Crippen LogP) is 4.10. The molecule has 32 heavy (non-hydrogen) atoms. The Morgan fingerprint density at radius 1 is 1.00 bits per heavy atom. The van der Waals surface area contributed by atoms with Gasteiger partial charge >= 0.3 is 0 Å². The Kier molecular flexibility index (Phi) is 7.05. The maximum absolute atomic E-state index is 13.7. The highest BCUT2D eigenvalue weighted by Gasteiger charge is 2.27. The molecule has 0 heterocycles. The van der Waals surface area contributed by atoms with Crippen molar-refractivity contribution in [1.29, 1.82) is 0 Å². The molecule has 6 nitrogen and oxygen atoms in total. The number of carbonyl (C=O) groups is 1. The van der Waals surface area contributed by atoms with Crippen LogP contribution in [0.5, 0.6) is 0 Å². The van der Waals surface area contributed by atoms with Crippen LogP contribution < -0.4 is 9.73 Å². The Morgan fingerprint density at radius 3 is 2.34 bits per heavy atom. The lowest BCUT2D eigenvalue weighted by Gasteiger charge is -2.24. The second kappa shape index (κ2) is 9.74. The number of rotatable bonds is 7. The van der Waals surface area contributed by atoms with Crippen molar-refractivity contribution < 1.29 is 17.6 Å². The topological polar surface area (TPSA) is 78.8 Å². The molecule has 0 aliphatic heterocycles. The monoisotopic (exact) mass is 453 g/mol. The van der Waals surface area contributed by atoms with E-state index < -0.39 is 28.3 Å². The van der Waals surface area contributed by atoms with E-state index in [-0.39, 0.29) is 10.5 Å². The molecule has 0 fully saturated rings. The van der Waals surface area contributed by atoms with E-state index in [4.69, 9.17) is 0 Å². The minimum atomic E-state index is -4.02. The number of hydrogen-bond acceptors (Lipinski definition) is 4. The van der Waals surface area contributed by atoms with Crippen LogP contribution in [0.2, 0.25) is 0 Å². The molecule has 0 saturated carbocycles. The van der Waals surface area contributed by atoms with Gasteiger partial charge in [-0.3, -0.25) is 9.10 Å². The van der Waals surface area contributed by atoms with Gasteiger partial charge in [0, 0.05) is 5.56 Å². The van der Waals surface area contributed by atoms with Crippen LogP contribution in [0.4, 0.5) is 10.1 Å². The number of amides is 1. The van der Waals surface area contributed by atoms with Gasteiger partial charge in [0.15, 0.2) is 0 Å². The molecule has 3 aromatic carbocycles. The molecule has 3 aromatic rings. The second-order valence-electron chi connectivity index (χ2n) is 7.41. The third-order valence-electron chi connectivity index (χ3n) is 4.97. The van der Waals surface area contributed by atoms with Gasteiger partial charge in [-0.25, -0.2) is 18.2 Å². The smallest absolute Gasteiger partial charge is 0.264 e. The van der Waals surface area contributed by atoms with E-state index in [9.17, 15) is 17.6 Å². The van der Waals surface area contributed by atoms with E-state index in [1.165, 1.54) is 30.5 Å². The summed E-state index contributed by atoms with van der Waals surface area (Å²) < 4.78 is 41.5. The van der Waals surface area contributed by atoms with Crippen LogP contribution in [-0.2, 0) is 14.8 Å². The normalized spacial score (nSPS) is 11.5. The van der Waals surface area contributed by atoms with E-state index in [2.05, 4.69) is 10.5 Å². The third kappa shape index (κ3) is 5.39. The van der Waals surface area contributed by atoms with E-state index in [0.29, 0.717) is 5.69 Å². The summed E-state index contributed by atoms with van der Waals surface area (Å²) in [6.07, 6.45) is 1.17. The van der Waals surface area contributed by atoms with E-state index in [0.717, 1.165) is 21.0 Å². The summed E-state index contributed by atoms with van der Waals surface area (Å²) in [6.45, 7) is 5.15. The van der Waals surface area contributed by atoms with Gasteiger partial charge in [-0.1, -0.05) is 42.0 Å². The maximum atomic E-state index is 13.7. The largest absolute Gasteiger partial charge is 0.271 e. The zero-order chi connectivity index (χ0) is 23.3. The fraction of sp³-hybridized carbons (Fsp3) is 0.167. The Morgan fingerprint density at radius 2 is 1.69 bits per heavy atom. The zero-order valence-corrected chi connectivity index (χ0v) is 18.9. The first-order valence-corrected chi connectivity index (χ1v) is 11.4. The quantitative estimate of drug-likeness (QED) is 0.432. The zero-order valence-electron chi connectivity index (χ0n) is 18.0. The summed E-state index contributed by atoms with van der Waals surface area (Å²) in [7, 11) is -4.02. The molecule has 0 unspecified atom stereocenters. The van der Waals surface area contributed by atoms with Crippen LogP contribution in [0.15, 0.2) is 76.7 Å². The maximum Gasteiger partial charge on any atom is 0.264 e. The molecule has 0 saturated heterocycles. The van der Waals surface area contributed by atoms with Crippen LogP contribution in [0.25, 0.3) is 0 Å². The first kappa shape index (κ1) is 23.1. The van der Waals surface area contributed by atoms with E-state index >= 15 is 0 Å². The molecule has 0 aliphatic carbocycles. The van der Waals surface area contributed by atoms with Crippen LogP contribution in [0.3, 0.4) is 0 Å². The SMILES string of the molecule is Cc1ccc(S(=O)(=O)N(CC(=O)N/N=C\c2ccccc2F)c2ccc(C)c(C)c2)cc1. The Hall–Kier alpha value is -3.52. The third-order valence-corrected chi connectivity index (χ3v) is 6.76. The van der Waals surface area contributed by atoms with Crippen molar-refractivity contribution in [1.82, 2.24) is 5.43 Å². The number of halogens is 1. The predicted molar refractivity (Wildman–Crippen MR) is 124 cm³/mol. The highest BCUT2D eigenvalue weighted by molar-refractivity contribution is 7.92. The molecule has 3 rings (SSSR count). The number of hydrogen-bond donors (Lipinski definition) is 1. The number of hydrazone groups is 1. The van der Waals surface area contributed by atoms with Gasteiger partial charge in [0.1, 0.15) is 12.4 Å². The van der Waals surface area contributed by atoms with Gasteiger partial charge in [0.25, 0.3) is 15.9 Å². The lowest BCUT2D eigenvalue weighted by Crippen LogP contribution is -2.39. The van der Waals surface area contributed by atoms with Crippen molar-refractivity contribution in [2.75, 3.05) is 10.8 Å². The standard InChI is InChI=1S/C24H24FN3O3S/c1-17-8-12-22(13-9-17)32(30,31)28(21-11-10-18(2)19(3)14-21)16-24(29)27-26-15-20-6-4-5-7-23(20)25/h4-15H,16H2,1-3H3,(H,27,29)/b26-15-. The van der Waals surface area contributed by atoms with Gasteiger partial charge in [0.2, 0.25) is 0 Å². The lowest BCUT2D eigenvalue weighted by atomic mass is 10.1. The Bertz CT molecular complexity index is 1260. The Labute approximate surface area is 187 Å². The summed E-state index contributed by atoms with van der Waals surface area (Å²) in [5.74, 6) is -1.14.